The van der Waals surface area contributed by atoms with Crippen molar-refractivity contribution in [1.29, 1.82) is 0 Å². The van der Waals surface area contributed by atoms with E-state index in [-0.39, 0.29) is 0 Å². The van der Waals surface area contributed by atoms with E-state index in [0.29, 0.717) is 0 Å². The summed E-state index contributed by atoms with van der Waals surface area (Å²) in [6.45, 7) is 3.29. The van der Waals surface area contributed by atoms with Crippen LogP contribution in [0.3, 0.4) is 0 Å². The summed E-state index contributed by atoms with van der Waals surface area (Å²) in [4.78, 5) is 0. The summed E-state index contributed by atoms with van der Waals surface area (Å²) in [6, 6.07) is 0. The van der Waals surface area contributed by atoms with E-state index >= 15 is 0 Å². The average molecular weight is 126 g/mol. The molecule has 1 aliphatic heterocycles. The van der Waals surface area contributed by atoms with Crippen LogP contribution in [-0.2, 0) is 0 Å². The minimum atomic E-state index is 0.809. The Morgan fingerprint density at radius 1 is 1.44 bits per heavy atom. The maximum absolute atomic E-state index is 3.88. The fourth-order valence-corrected chi connectivity index (χ4v) is 1.25. The maximum Gasteiger partial charge on any atom is -0.00458 e. The highest BCUT2D eigenvalue weighted by atomic mass is 14.9. The topological polar surface area (TPSA) is 26.1 Å². The molecule has 0 aromatic rings. The van der Waals surface area contributed by atoms with Crippen molar-refractivity contribution in [3.05, 3.63) is 7.05 Å². The minimum absolute atomic E-state index is 0.809. The fourth-order valence-electron chi connectivity index (χ4n) is 1.25. The molecule has 1 fully saturated rings. The first-order valence-electron chi connectivity index (χ1n) is 3.56. The van der Waals surface area contributed by atoms with E-state index in [1.54, 1.807) is 0 Å². The predicted molar refractivity (Wildman–Crippen MR) is 38.0 cm³/mol. The molecule has 1 radical (unpaired) electrons. The molecule has 0 aromatic heterocycles. The van der Waals surface area contributed by atoms with Crippen molar-refractivity contribution >= 4 is 0 Å². The Hall–Kier alpha value is -0.0800. The second kappa shape index (κ2) is 3.85. The van der Waals surface area contributed by atoms with Gasteiger partial charge < -0.3 is 10.6 Å². The van der Waals surface area contributed by atoms with E-state index in [1.165, 1.54) is 25.9 Å². The molecule has 2 nitrogen and oxygen atoms in total. The lowest BCUT2D eigenvalue weighted by molar-refractivity contribution is 0.367. The summed E-state index contributed by atoms with van der Waals surface area (Å²) in [5, 5.41) is 7.19. The van der Waals surface area contributed by atoms with E-state index in [1.807, 2.05) is 0 Å². The third kappa shape index (κ3) is 2.33. The van der Waals surface area contributed by atoms with E-state index in [2.05, 4.69) is 17.7 Å². The zero-order valence-electron chi connectivity index (χ0n) is 5.77. The molecule has 0 saturated carbocycles. The van der Waals surface area contributed by atoms with Gasteiger partial charge in [0.15, 0.2) is 0 Å². The van der Waals surface area contributed by atoms with Crippen LogP contribution in [0.4, 0.5) is 0 Å². The summed E-state index contributed by atoms with van der Waals surface area (Å²) in [7, 11) is 3.48. The van der Waals surface area contributed by atoms with Gasteiger partial charge in [-0.15, -0.1) is 0 Å². The van der Waals surface area contributed by atoms with Crippen molar-refractivity contribution in [2.45, 2.75) is 12.8 Å². The lowest BCUT2D eigenvalue weighted by Crippen LogP contribution is -2.30. The molecule has 0 unspecified atom stereocenters. The highest BCUT2D eigenvalue weighted by molar-refractivity contribution is 4.69. The number of nitrogens with zero attached hydrogens (tertiary/aromatic N) is 1. The van der Waals surface area contributed by atoms with E-state index in [4.69, 9.17) is 0 Å². The summed E-state index contributed by atoms with van der Waals surface area (Å²) in [5.74, 6) is 0.809. The molecule has 0 aliphatic carbocycles. The monoisotopic (exact) mass is 126 g/mol. The van der Waals surface area contributed by atoms with Crippen molar-refractivity contribution < 1.29 is 0 Å². The van der Waals surface area contributed by atoms with E-state index in [0.717, 1.165) is 12.5 Å². The van der Waals surface area contributed by atoms with Gasteiger partial charge in [-0.1, -0.05) is 0 Å². The first-order valence-corrected chi connectivity index (χ1v) is 3.56. The second-order valence-corrected chi connectivity index (χ2v) is 2.60. The van der Waals surface area contributed by atoms with Crippen LogP contribution < -0.4 is 10.6 Å². The minimum Gasteiger partial charge on any atom is -0.424 e. The largest absolute Gasteiger partial charge is 0.424 e. The number of rotatable bonds is 2. The molecule has 0 atom stereocenters. The predicted octanol–water partition coefficient (Wildman–Crippen LogP) is 0.382. The van der Waals surface area contributed by atoms with Gasteiger partial charge in [-0.2, -0.15) is 0 Å². The molecular weight excluding hydrogens is 112 g/mol. The van der Waals surface area contributed by atoms with Gasteiger partial charge in [0.2, 0.25) is 0 Å². The number of nitrogens with one attached hydrogen (secondary N) is 1. The summed E-state index contributed by atoms with van der Waals surface area (Å²) in [6.07, 6.45) is 2.55. The van der Waals surface area contributed by atoms with Crippen LogP contribution in [0.25, 0.3) is 0 Å². The standard InChI is InChI=1S/C7H14N2/c1-8-6-7-2-4-9-5-3-7/h7,9H,1-6H2/q-1. The fraction of sp³-hybridized carbons (Fsp3) is 0.857. The van der Waals surface area contributed by atoms with Gasteiger partial charge in [0, 0.05) is 0 Å². The second-order valence-electron chi connectivity index (χ2n) is 2.60. The molecule has 9 heavy (non-hydrogen) atoms. The first kappa shape index (κ1) is 7.03. The van der Waals surface area contributed by atoms with Gasteiger partial charge in [-0.05, 0) is 38.4 Å². The third-order valence-corrected chi connectivity index (χ3v) is 1.85. The van der Waals surface area contributed by atoms with Gasteiger partial charge in [-0.3, -0.25) is 7.05 Å². The molecule has 1 heterocycles. The van der Waals surface area contributed by atoms with Gasteiger partial charge >= 0.3 is 0 Å². The van der Waals surface area contributed by atoms with Crippen LogP contribution in [0.15, 0.2) is 0 Å². The highest BCUT2D eigenvalue weighted by Crippen LogP contribution is 2.09. The number of hydrogen-bond acceptors (Lipinski definition) is 1. The lowest BCUT2D eigenvalue weighted by atomic mass is 9.98. The third-order valence-electron chi connectivity index (χ3n) is 1.85. The Kier molecular flexibility index (Phi) is 3.01. The average Bonchev–Trinajstić information content (AvgIpc) is 1.91. The molecule has 1 saturated heterocycles. The Labute approximate surface area is 57.0 Å². The Morgan fingerprint density at radius 2 is 2.11 bits per heavy atom. The van der Waals surface area contributed by atoms with Crippen LogP contribution in [0.2, 0.25) is 0 Å². The molecule has 0 spiro atoms. The van der Waals surface area contributed by atoms with Crippen LogP contribution in [0.5, 0.6) is 0 Å². The van der Waals surface area contributed by atoms with Gasteiger partial charge in [0.05, 0.1) is 0 Å². The van der Waals surface area contributed by atoms with Crippen LogP contribution in [0, 0.1) is 13.0 Å². The zero-order valence-corrected chi connectivity index (χ0v) is 5.77. The molecule has 1 aliphatic rings. The van der Waals surface area contributed by atoms with E-state index < -0.39 is 0 Å². The van der Waals surface area contributed by atoms with Crippen molar-refractivity contribution in [1.82, 2.24) is 10.6 Å². The van der Waals surface area contributed by atoms with Gasteiger partial charge in [0.1, 0.15) is 0 Å². The highest BCUT2D eigenvalue weighted by Gasteiger charge is 2.09. The van der Waals surface area contributed by atoms with Crippen molar-refractivity contribution in [2.75, 3.05) is 19.6 Å². The maximum atomic E-state index is 3.88. The van der Waals surface area contributed by atoms with Gasteiger partial charge in [-0.25, -0.2) is 0 Å². The smallest absolute Gasteiger partial charge is 0.00458 e. The van der Waals surface area contributed by atoms with Crippen molar-refractivity contribution in [3.8, 4) is 0 Å². The number of piperidine rings is 1. The van der Waals surface area contributed by atoms with Crippen molar-refractivity contribution in [2.24, 2.45) is 5.92 Å². The molecule has 0 aromatic carbocycles. The Bertz CT molecular complexity index is 64.6. The zero-order chi connectivity index (χ0) is 6.53. The normalized spacial score (nSPS) is 22.3. The molecule has 2 heteroatoms. The molecule has 0 bridgehead atoms. The SMILES string of the molecule is [CH2-][N]CC1CCNCC1. The lowest BCUT2D eigenvalue weighted by Gasteiger charge is -2.22. The Balaban J connectivity index is 2.08. The molecule has 0 amide bonds. The summed E-state index contributed by atoms with van der Waals surface area (Å²) >= 11 is 0. The first-order chi connectivity index (χ1) is 4.43. The summed E-state index contributed by atoms with van der Waals surface area (Å²) in [5.41, 5.74) is 0. The molecular formula is C7H14N2-. The van der Waals surface area contributed by atoms with Crippen molar-refractivity contribution in [3.63, 3.8) is 0 Å². The molecule has 1 N–H and O–H groups in total. The van der Waals surface area contributed by atoms with Crippen LogP contribution in [0.1, 0.15) is 12.8 Å². The van der Waals surface area contributed by atoms with Gasteiger partial charge in [0.25, 0.3) is 0 Å². The van der Waals surface area contributed by atoms with Crippen LogP contribution in [-0.4, -0.2) is 19.6 Å². The molecule has 53 valence electrons. The summed E-state index contributed by atoms with van der Waals surface area (Å²) < 4.78 is 0. The van der Waals surface area contributed by atoms with E-state index in [9.17, 15) is 0 Å². The quantitative estimate of drug-likeness (QED) is 0.532. The van der Waals surface area contributed by atoms with Crippen LogP contribution >= 0.6 is 0 Å². The molecule has 1 rings (SSSR count). The Morgan fingerprint density at radius 3 is 2.67 bits per heavy atom. The number of hydrogen-bond donors (Lipinski definition) is 1.